The normalized spacial score (nSPS) is 16.0. The van der Waals surface area contributed by atoms with Gasteiger partial charge in [0.15, 0.2) is 5.96 Å². The molecule has 1 atom stereocenters. The molecule has 0 saturated heterocycles. The molecule has 0 radical (unpaired) electrons. The maximum atomic E-state index is 13.3. The third kappa shape index (κ3) is 6.25. The Hall–Kier alpha value is -0.890. The Bertz CT molecular complexity index is 531. The molecule has 0 heterocycles. The number of benzene rings is 1. The summed E-state index contributed by atoms with van der Waals surface area (Å²) in [6.07, 6.45) is 2.63. The summed E-state index contributed by atoms with van der Waals surface area (Å²) < 4.78 is 13.3. The van der Waals surface area contributed by atoms with Crippen LogP contribution < -0.4 is 10.6 Å². The predicted molar refractivity (Wildman–Crippen MR) is 105 cm³/mol. The van der Waals surface area contributed by atoms with Crippen LogP contribution in [0.4, 0.5) is 4.39 Å². The molecule has 1 aromatic carbocycles. The molecule has 0 spiro atoms. The lowest BCUT2D eigenvalue weighted by molar-refractivity contribution is 0.247. The van der Waals surface area contributed by atoms with E-state index in [2.05, 4.69) is 34.5 Å². The standard InChI is InChI=1S/C17H27FN4.HI/c1-12-9-14(5-8-16(12)18)11-21-17(19-3)20-10-13(2)22(4)15-6-7-15;/h5,8-9,13,15H,6-7,10-11H2,1-4H3,(H2,19,20,21);1H. The second-order valence-electron chi connectivity index (χ2n) is 6.14. The van der Waals surface area contributed by atoms with Gasteiger partial charge in [-0.2, -0.15) is 0 Å². The van der Waals surface area contributed by atoms with Crippen molar-refractivity contribution in [3.05, 3.63) is 35.1 Å². The van der Waals surface area contributed by atoms with Crippen LogP contribution >= 0.6 is 24.0 Å². The highest BCUT2D eigenvalue weighted by Crippen LogP contribution is 2.26. The molecule has 2 N–H and O–H groups in total. The van der Waals surface area contributed by atoms with Gasteiger partial charge in [-0.15, -0.1) is 24.0 Å². The number of aliphatic imine (C=N–C) groups is 1. The quantitative estimate of drug-likeness (QED) is 0.411. The topological polar surface area (TPSA) is 39.7 Å². The highest BCUT2D eigenvalue weighted by Gasteiger charge is 2.28. The van der Waals surface area contributed by atoms with Gasteiger partial charge < -0.3 is 10.6 Å². The number of nitrogens with one attached hydrogen (secondary N) is 2. The highest BCUT2D eigenvalue weighted by atomic mass is 127. The second-order valence-corrected chi connectivity index (χ2v) is 6.14. The molecule has 1 aromatic rings. The van der Waals surface area contributed by atoms with Gasteiger partial charge in [-0.05, 0) is 50.9 Å². The van der Waals surface area contributed by atoms with Crippen molar-refractivity contribution in [2.24, 2.45) is 4.99 Å². The van der Waals surface area contributed by atoms with Crippen LogP contribution in [0.15, 0.2) is 23.2 Å². The van der Waals surface area contributed by atoms with Gasteiger partial charge in [0, 0.05) is 32.2 Å². The van der Waals surface area contributed by atoms with E-state index in [0.29, 0.717) is 18.2 Å². The minimum atomic E-state index is -0.164. The smallest absolute Gasteiger partial charge is 0.191 e. The van der Waals surface area contributed by atoms with Gasteiger partial charge in [-0.25, -0.2) is 4.39 Å². The van der Waals surface area contributed by atoms with Gasteiger partial charge in [0.25, 0.3) is 0 Å². The third-order valence-electron chi connectivity index (χ3n) is 4.29. The number of hydrogen-bond acceptors (Lipinski definition) is 2. The molecule has 0 aliphatic heterocycles. The van der Waals surface area contributed by atoms with Gasteiger partial charge in [0.1, 0.15) is 5.82 Å². The highest BCUT2D eigenvalue weighted by molar-refractivity contribution is 14.0. The summed E-state index contributed by atoms with van der Waals surface area (Å²) >= 11 is 0. The Morgan fingerprint density at radius 2 is 2.09 bits per heavy atom. The summed E-state index contributed by atoms with van der Waals surface area (Å²) in [6.45, 7) is 5.49. The van der Waals surface area contributed by atoms with Crippen molar-refractivity contribution in [2.45, 2.75) is 45.3 Å². The molecule has 1 saturated carbocycles. The first-order valence-corrected chi connectivity index (χ1v) is 7.92. The van der Waals surface area contributed by atoms with Crippen molar-refractivity contribution in [3.63, 3.8) is 0 Å². The summed E-state index contributed by atoms with van der Waals surface area (Å²) in [6, 6.07) is 6.40. The Morgan fingerprint density at radius 3 is 2.65 bits per heavy atom. The first-order chi connectivity index (χ1) is 10.5. The largest absolute Gasteiger partial charge is 0.355 e. The number of likely N-dealkylation sites (N-methyl/N-ethyl adjacent to an activating group) is 1. The number of guanidine groups is 1. The zero-order valence-corrected chi connectivity index (χ0v) is 16.7. The number of hydrogen-bond donors (Lipinski definition) is 2. The molecule has 130 valence electrons. The Kier molecular flexibility index (Phi) is 8.25. The van der Waals surface area contributed by atoms with Crippen LogP contribution in [-0.4, -0.2) is 43.6 Å². The van der Waals surface area contributed by atoms with Gasteiger partial charge in [0.05, 0.1) is 0 Å². The lowest BCUT2D eigenvalue weighted by atomic mass is 10.1. The minimum Gasteiger partial charge on any atom is -0.355 e. The Labute approximate surface area is 156 Å². The van der Waals surface area contributed by atoms with Gasteiger partial charge in [-0.3, -0.25) is 9.89 Å². The molecule has 0 aromatic heterocycles. The van der Waals surface area contributed by atoms with Crippen molar-refractivity contribution in [1.82, 2.24) is 15.5 Å². The lowest BCUT2D eigenvalue weighted by Crippen LogP contribution is -2.45. The van der Waals surface area contributed by atoms with Crippen LogP contribution in [0.3, 0.4) is 0 Å². The predicted octanol–water partition coefficient (Wildman–Crippen LogP) is 2.90. The first kappa shape index (κ1) is 20.2. The Balaban J connectivity index is 0.00000264. The van der Waals surface area contributed by atoms with Crippen LogP contribution in [0, 0.1) is 12.7 Å². The molecule has 4 nitrogen and oxygen atoms in total. The monoisotopic (exact) mass is 434 g/mol. The summed E-state index contributed by atoms with van der Waals surface area (Å²) in [5.41, 5.74) is 1.71. The van der Waals surface area contributed by atoms with Crippen LogP contribution in [0.1, 0.15) is 30.9 Å². The van der Waals surface area contributed by atoms with E-state index in [9.17, 15) is 4.39 Å². The average Bonchev–Trinajstić information content (AvgIpc) is 3.34. The third-order valence-corrected chi connectivity index (χ3v) is 4.29. The zero-order chi connectivity index (χ0) is 16.1. The van der Waals surface area contributed by atoms with Crippen molar-refractivity contribution in [2.75, 3.05) is 20.6 Å². The number of aryl methyl sites for hydroxylation is 1. The van der Waals surface area contributed by atoms with Gasteiger partial charge >= 0.3 is 0 Å². The summed E-state index contributed by atoms with van der Waals surface area (Å²) in [7, 11) is 3.95. The Morgan fingerprint density at radius 1 is 1.39 bits per heavy atom. The van der Waals surface area contributed by atoms with Crippen LogP contribution in [0.25, 0.3) is 0 Å². The molecule has 1 aliphatic carbocycles. The van der Waals surface area contributed by atoms with Gasteiger partial charge in [-0.1, -0.05) is 12.1 Å². The van der Waals surface area contributed by atoms with E-state index in [-0.39, 0.29) is 29.8 Å². The van der Waals surface area contributed by atoms with E-state index in [4.69, 9.17) is 0 Å². The summed E-state index contributed by atoms with van der Waals surface area (Å²) in [5, 5.41) is 6.62. The van der Waals surface area contributed by atoms with E-state index >= 15 is 0 Å². The summed E-state index contributed by atoms with van der Waals surface area (Å²) in [4.78, 5) is 6.66. The molecule has 2 rings (SSSR count). The average molecular weight is 434 g/mol. The second kappa shape index (κ2) is 9.42. The van der Waals surface area contributed by atoms with Crippen molar-refractivity contribution in [1.29, 1.82) is 0 Å². The lowest BCUT2D eigenvalue weighted by Gasteiger charge is -2.25. The maximum absolute atomic E-state index is 13.3. The maximum Gasteiger partial charge on any atom is 0.191 e. The van der Waals surface area contributed by atoms with E-state index in [1.807, 2.05) is 6.07 Å². The fourth-order valence-corrected chi connectivity index (χ4v) is 2.45. The van der Waals surface area contributed by atoms with E-state index < -0.39 is 0 Å². The number of rotatable bonds is 6. The molecular weight excluding hydrogens is 406 g/mol. The van der Waals surface area contributed by atoms with E-state index in [0.717, 1.165) is 24.1 Å². The van der Waals surface area contributed by atoms with Crippen LogP contribution in [-0.2, 0) is 6.54 Å². The first-order valence-electron chi connectivity index (χ1n) is 7.92. The number of nitrogens with zero attached hydrogens (tertiary/aromatic N) is 2. The molecule has 1 fully saturated rings. The zero-order valence-electron chi connectivity index (χ0n) is 14.4. The fraction of sp³-hybridized carbons (Fsp3) is 0.588. The van der Waals surface area contributed by atoms with Crippen LogP contribution in [0.5, 0.6) is 0 Å². The van der Waals surface area contributed by atoms with Crippen molar-refractivity contribution in [3.8, 4) is 0 Å². The van der Waals surface area contributed by atoms with Crippen molar-refractivity contribution < 1.29 is 4.39 Å². The fourth-order valence-electron chi connectivity index (χ4n) is 2.45. The molecule has 0 amide bonds. The molecule has 1 unspecified atom stereocenters. The molecule has 23 heavy (non-hydrogen) atoms. The SMILES string of the molecule is CN=C(NCc1ccc(F)c(C)c1)NCC(C)N(C)C1CC1.I. The minimum absolute atomic E-state index is 0. The molecular formula is C17H28FIN4. The summed E-state index contributed by atoms with van der Waals surface area (Å²) in [5.74, 6) is 0.612. The van der Waals surface area contributed by atoms with Gasteiger partial charge in [0.2, 0.25) is 0 Å². The molecule has 0 bridgehead atoms. The molecule has 6 heteroatoms. The van der Waals surface area contributed by atoms with Crippen LogP contribution in [0.2, 0.25) is 0 Å². The number of halogens is 2. The molecule has 1 aliphatic rings. The van der Waals surface area contributed by atoms with E-state index in [1.54, 1.807) is 20.0 Å². The van der Waals surface area contributed by atoms with E-state index in [1.165, 1.54) is 18.9 Å². The van der Waals surface area contributed by atoms with Crippen molar-refractivity contribution >= 4 is 29.9 Å².